The molecule has 0 aromatic heterocycles. The van der Waals surface area contributed by atoms with Crippen LogP contribution in [0.15, 0.2) is 0 Å². The summed E-state index contributed by atoms with van der Waals surface area (Å²) in [7, 11) is 3.66. The van der Waals surface area contributed by atoms with Gasteiger partial charge in [-0.2, -0.15) is 0 Å². The van der Waals surface area contributed by atoms with Crippen molar-refractivity contribution in [2.75, 3.05) is 14.1 Å². The van der Waals surface area contributed by atoms with Gasteiger partial charge in [-0.1, -0.05) is 6.42 Å². The van der Waals surface area contributed by atoms with Crippen LogP contribution in [0.1, 0.15) is 47.0 Å². The summed E-state index contributed by atoms with van der Waals surface area (Å²) < 4.78 is 0. The molecule has 0 aliphatic heterocycles. The van der Waals surface area contributed by atoms with E-state index in [4.69, 9.17) is 0 Å². The molecule has 1 aliphatic carbocycles. The number of rotatable bonds is 4. The normalized spacial score (nSPS) is 22.9. The van der Waals surface area contributed by atoms with Gasteiger partial charge in [-0.15, -0.1) is 0 Å². The largest absolute Gasteiger partial charge is 0.343 e. The molecule has 0 heterocycles. The first-order chi connectivity index (χ1) is 8.77. The van der Waals surface area contributed by atoms with Crippen molar-refractivity contribution < 1.29 is 9.59 Å². The van der Waals surface area contributed by atoms with Crippen molar-refractivity contribution in [2.45, 2.75) is 59.0 Å². The molecule has 1 rings (SSSR count). The minimum atomic E-state index is -0.124. The third-order valence-corrected chi connectivity index (χ3v) is 4.39. The monoisotopic (exact) mass is 268 g/mol. The Kier molecular flexibility index (Phi) is 5.39. The lowest BCUT2D eigenvalue weighted by Gasteiger charge is -2.30. The van der Waals surface area contributed by atoms with E-state index in [0.29, 0.717) is 0 Å². The Hall–Kier alpha value is -1.06. The van der Waals surface area contributed by atoms with Crippen LogP contribution >= 0.6 is 0 Å². The molecule has 0 radical (unpaired) electrons. The van der Waals surface area contributed by atoms with Crippen LogP contribution in [0, 0.1) is 11.8 Å². The van der Waals surface area contributed by atoms with Gasteiger partial charge in [0, 0.05) is 38.0 Å². The molecule has 0 spiro atoms. The van der Waals surface area contributed by atoms with Crippen LogP contribution in [0.2, 0.25) is 0 Å². The zero-order valence-corrected chi connectivity index (χ0v) is 13.1. The van der Waals surface area contributed by atoms with Gasteiger partial charge in [0.15, 0.2) is 0 Å². The fraction of sp³-hybridized carbons (Fsp3) is 0.867. The SMILES string of the molecule is CC(C)N(C)C(=O)C1CCCC1C(=O)N(C)C(C)C. The van der Waals surface area contributed by atoms with E-state index in [0.717, 1.165) is 19.3 Å². The first-order valence-corrected chi connectivity index (χ1v) is 7.30. The molecule has 2 unspecified atom stereocenters. The van der Waals surface area contributed by atoms with Gasteiger partial charge >= 0.3 is 0 Å². The van der Waals surface area contributed by atoms with E-state index < -0.39 is 0 Å². The molecule has 19 heavy (non-hydrogen) atoms. The number of nitrogens with zero attached hydrogens (tertiary/aromatic N) is 2. The van der Waals surface area contributed by atoms with Crippen molar-refractivity contribution in [1.29, 1.82) is 0 Å². The third kappa shape index (κ3) is 3.48. The quantitative estimate of drug-likeness (QED) is 0.784. The summed E-state index contributed by atoms with van der Waals surface area (Å²) in [6.07, 6.45) is 2.67. The highest BCUT2D eigenvalue weighted by atomic mass is 16.2. The van der Waals surface area contributed by atoms with E-state index >= 15 is 0 Å². The van der Waals surface area contributed by atoms with Gasteiger partial charge in [-0.25, -0.2) is 0 Å². The van der Waals surface area contributed by atoms with Crippen LogP contribution in [-0.4, -0.2) is 47.8 Å². The Balaban J connectivity index is 2.79. The average molecular weight is 268 g/mol. The van der Waals surface area contributed by atoms with Gasteiger partial charge in [-0.3, -0.25) is 9.59 Å². The molecular formula is C15H28N2O2. The first kappa shape index (κ1) is 16.0. The Morgan fingerprint density at radius 3 is 1.42 bits per heavy atom. The molecule has 0 bridgehead atoms. The molecule has 0 aromatic rings. The lowest BCUT2D eigenvalue weighted by molar-refractivity contribution is -0.145. The van der Waals surface area contributed by atoms with E-state index in [9.17, 15) is 9.59 Å². The van der Waals surface area contributed by atoms with Gasteiger partial charge in [0.25, 0.3) is 0 Å². The maximum Gasteiger partial charge on any atom is 0.226 e. The standard InChI is InChI=1S/C15H28N2O2/c1-10(2)16(5)14(18)12-8-7-9-13(12)15(19)17(6)11(3)4/h10-13H,7-9H2,1-6H3. The minimum absolute atomic E-state index is 0.124. The van der Waals surface area contributed by atoms with E-state index in [1.807, 2.05) is 41.8 Å². The highest BCUT2D eigenvalue weighted by Crippen LogP contribution is 2.34. The number of amides is 2. The molecule has 1 saturated carbocycles. The first-order valence-electron chi connectivity index (χ1n) is 7.30. The van der Waals surface area contributed by atoms with Crippen LogP contribution in [0.3, 0.4) is 0 Å². The van der Waals surface area contributed by atoms with Crippen LogP contribution in [0.25, 0.3) is 0 Å². The number of carbonyl (C=O) groups excluding carboxylic acids is 2. The predicted octanol–water partition coefficient (Wildman–Crippen LogP) is 2.14. The second kappa shape index (κ2) is 6.40. The summed E-state index contributed by atoms with van der Waals surface area (Å²) in [5.74, 6) is 0.00760. The fourth-order valence-corrected chi connectivity index (χ4v) is 2.58. The minimum Gasteiger partial charge on any atom is -0.343 e. The van der Waals surface area contributed by atoms with E-state index in [1.165, 1.54) is 0 Å². The molecule has 1 fully saturated rings. The smallest absolute Gasteiger partial charge is 0.226 e. The highest BCUT2D eigenvalue weighted by Gasteiger charge is 2.40. The second-order valence-electron chi connectivity index (χ2n) is 6.23. The number of carbonyl (C=O) groups is 2. The van der Waals surface area contributed by atoms with E-state index in [2.05, 4.69) is 0 Å². The molecule has 0 N–H and O–H groups in total. The molecule has 2 atom stereocenters. The summed E-state index contributed by atoms with van der Waals surface area (Å²) in [6.45, 7) is 8.02. The lowest BCUT2D eigenvalue weighted by Crippen LogP contribution is -2.44. The summed E-state index contributed by atoms with van der Waals surface area (Å²) in [4.78, 5) is 28.4. The fourth-order valence-electron chi connectivity index (χ4n) is 2.58. The Bertz CT molecular complexity index is 307. The van der Waals surface area contributed by atoms with E-state index in [-0.39, 0.29) is 35.7 Å². The number of hydrogen-bond donors (Lipinski definition) is 0. The van der Waals surface area contributed by atoms with Crippen molar-refractivity contribution in [1.82, 2.24) is 9.80 Å². The maximum absolute atomic E-state index is 12.4. The lowest BCUT2D eigenvalue weighted by atomic mass is 9.92. The zero-order valence-electron chi connectivity index (χ0n) is 13.1. The van der Waals surface area contributed by atoms with Gasteiger partial charge in [-0.05, 0) is 40.5 Å². The van der Waals surface area contributed by atoms with E-state index in [1.54, 1.807) is 9.80 Å². The predicted molar refractivity (Wildman–Crippen MR) is 76.6 cm³/mol. The summed E-state index contributed by atoms with van der Waals surface area (Å²) in [6, 6.07) is 0.373. The molecule has 0 aromatic carbocycles. The van der Waals surface area contributed by atoms with Crippen LogP contribution < -0.4 is 0 Å². The molecule has 2 amide bonds. The highest BCUT2D eigenvalue weighted by molar-refractivity contribution is 5.88. The Morgan fingerprint density at radius 2 is 1.16 bits per heavy atom. The van der Waals surface area contributed by atoms with Gasteiger partial charge in [0.05, 0.1) is 0 Å². The summed E-state index contributed by atoms with van der Waals surface area (Å²) in [5, 5.41) is 0. The van der Waals surface area contributed by atoms with Crippen molar-refractivity contribution in [3.63, 3.8) is 0 Å². The molecule has 110 valence electrons. The van der Waals surface area contributed by atoms with Crippen LogP contribution in [0.5, 0.6) is 0 Å². The van der Waals surface area contributed by atoms with Gasteiger partial charge in [0.1, 0.15) is 0 Å². The zero-order chi connectivity index (χ0) is 14.7. The molecule has 4 nitrogen and oxygen atoms in total. The third-order valence-electron chi connectivity index (χ3n) is 4.39. The maximum atomic E-state index is 12.4. The average Bonchev–Trinajstić information content (AvgIpc) is 2.83. The van der Waals surface area contributed by atoms with Gasteiger partial charge in [0.2, 0.25) is 11.8 Å². The number of hydrogen-bond acceptors (Lipinski definition) is 2. The molecule has 0 saturated heterocycles. The summed E-state index contributed by atoms with van der Waals surface area (Å²) >= 11 is 0. The van der Waals surface area contributed by atoms with Crippen molar-refractivity contribution in [2.24, 2.45) is 11.8 Å². The van der Waals surface area contributed by atoms with Crippen molar-refractivity contribution in [3.05, 3.63) is 0 Å². The second-order valence-corrected chi connectivity index (χ2v) is 6.23. The summed E-state index contributed by atoms with van der Waals surface area (Å²) in [5.41, 5.74) is 0. The Morgan fingerprint density at radius 1 is 0.842 bits per heavy atom. The van der Waals surface area contributed by atoms with Crippen LogP contribution in [-0.2, 0) is 9.59 Å². The Labute approximate surface area is 117 Å². The van der Waals surface area contributed by atoms with Crippen molar-refractivity contribution in [3.8, 4) is 0 Å². The van der Waals surface area contributed by atoms with Crippen LogP contribution in [0.4, 0.5) is 0 Å². The van der Waals surface area contributed by atoms with Crippen molar-refractivity contribution >= 4 is 11.8 Å². The topological polar surface area (TPSA) is 40.6 Å². The molecule has 4 heteroatoms. The molecular weight excluding hydrogens is 240 g/mol. The van der Waals surface area contributed by atoms with Gasteiger partial charge < -0.3 is 9.80 Å². The molecule has 1 aliphatic rings.